The van der Waals surface area contributed by atoms with Crippen molar-refractivity contribution in [2.75, 3.05) is 27.1 Å². The van der Waals surface area contributed by atoms with Crippen molar-refractivity contribution in [1.29, 1.82) is 0 Å². The van der Waals surface area contributed by atoms with Gasteiger partial charge >= 0.3 is 18.6 Å². The van der Waals surface area contributed by atoms with Crippen LogP contribution in [0.3, 0.4) is 0 Å². The van der Waals surface area contributed by atoms with Gasteiger partial charge in [0.1, 0.15) is 0 Å². The third-order valence-electron chi connectivity index (χ3n) is 2.13. The van der Waals surface area contributed by atoms with E-state index in [2.05, 4.69) is 6.26 Å². The summed E-state index contributed by atoms with van der Waals surface area (Å²) in [6.45, 7) is 0.739. The van der Waals surface area contributed by atoms with Gasteiger partial charge in [0.05, 0.1) is 0 Å². The van der Waals surface area contributed by atoms with Crippen molar-refractivity contribution in [3.8, 4) is 0 Å². The smallest absolute Gasteiger partial charge is 0.413 e. The minimum atomic E-state index is 0. The van der Waals surface area contributed by atoms with Crippen molar-refractivity contribution in [3.63, 3.8) is 0 Å². The Morgan fingerprint density at radius 2 is 2.07 bits per heavy atom. The van der Waals surface area contributed by atoms with Crippen LogP contribution in [0.2, 0.25) is 5.82 Å². The molecule has 1 saturated carbocycles. The molecule has 0 bridgehead atoms. The number of rotatable bonds is 3. The molecule has 1 rings (SSSR count). The summed E-state index contributed by atoms with van der Waals surface area (Å²) in [4.78, 5) is 0. The third kappa shape index (κ3) is 7.76. The monoisotopic (exact) mass is 265 g/mol. The molecule has 1 aliphatic rings. The Bertz CT molecular complexity index is 141. The molecule has 85 valence electrons. The largest absolute Gasteiger partial charge is 2.00 e. The van der Waals surface area contributed by atoms with Gasteiger partial charge in [-0.3, -0.25) is 6.26 Å². The molecule has 0 saturated heterocycles. The Morgan fingerprint density at radius 1 is 1.53 bits per heavy atom. The van der Waals surface area contributed by atoms with E-state index < -0.39 is 0 Å². The van der Waals surface area contributed by atoms with Crippen LogP contribution in [0.15, 0.2) is 0 Å². The summed E-state index contributed by atoms with van der Waals surface area (Å²) in [7, 11) is 9.15. The van der Waals surface area contributed by atoms with Crippen LogP contribution in [0.1, 0.15) is 6.42 Å². The van der Waals surface area contributed by atoms with E-state index >= 15 is 0 Å². The quantitative estimate of drug-likeness (QED) is 0.574. The molecule has 0 aliphatic heterocycles. The Morgan fingerprint density at radius 3 is 2.47 bits per heavy atom. The van der Waals surface area contributed by atoms with Crippen molar-refractivity contribution >= 4 is 19.6 Å². The first kappa shape index (κ1) is 18.3. The molecule has 0 aromatic carbocycles. The molecule has 0 amide bonds. The fourth-order valence-corrected chi connectivity index (χ4v) is 1.61. The van der Waals surface area contributed by atoms with E-state index in [4.69, 9.17) is 17.3 Å². The van der Waals surface area contributed by atoms with Gasteiger partial charge in [-0.05, 0) is 12.2 Å². The fourth-order valence-electron chi connectivity index (χ4n) is 1.61. The summed E-state index contributed by atoms with van der Waals surface area (Å²) >= 11 is 1.50. The first-order chi connectivity index (χ1) is 6.69. The molecule has 0 spiro atoms. The molecule has 1 unspecified atom stereocenters. The average molecular weight is 265 g/mol. The SMILES string of the molecule is [B]C1[CH-][C@H](OC)[C@@H](COC)C1.[CH2-]SC.[V+2]. The van der Waals surface area contributed by atoms with Gasteiger partial charge in [-0.1, -0.05) is 12.5 Å². The van der Waals surface area contributed by atoms with Gasteiger partial charge in [0.2, 0.25) is 0 Å². The number of hydrogen-bond donors (Lipinski definition) is 0. The van der Waals surface area contributed by atoms with Crippen molar-refractivity contribution < 1.29 is 28.0 Å². The van der Waals surface area contributed by atoms with Crippen LogP contribution in [-0.2, 0) is 28.0 Å². The second kappa shape index (κ2) is 11.4. The molecular formula is C10H19BO2SV. The molecule has 0 N–H and O–H groups in total. The van der Waals surface area contributed by atoms with Crippen LogP contribution >= 0.6 is 11.8 Å². The first-order valence-corrected chi connectivity index (χ1v) is 5.99. The van der Waals surface area contributed by atoms with E-state index in [1.54, 1.807) is 14.2 Å². The first-order valence-electron chi connectivity index (χ1n) is 4.60. The van der Waals surface area contributed by atoms with Gasteiger partial charge in [-0.25, -0.2) is 0 Å². The van der Waals surface area contributed by atoms with Crippen LogP contribution < -0.4 is 0 Å². The van der Waals surface area contributed by atoms with Crippen molar-refractivity contribution in [2.45, 2.75) is 18.3 Å². The van der Waals surface area contributed by atoms with Crippen LogP contribution in [0.5, 0.6) is 0 Å². The number of ether oxygens (including phenoxy) is 2. The molecule has 3 atom stereocenters. The summed E-state index contributed by atoms with van der Waals surface area (Å²) in [6.07, 6.45) is 8.54. The predicted molar refractivity (Wildman–Crippen MR) is 63.5 cm³/mol. The zero-order valence-electron chi connectivity index (χ0n) is 9.68. The topological polar surface area (TPSA) is 18.5 Å². The van der Waals surface area contributed by atoms with Crippen molar-refractivity contribution in [3.05, 3.63) is 12.7 Å². The van der Waals surface area contributed by atoms with Gasteiger partial charge in [0, 0.05) is 28.7 Å². The average Bonchev–Trinajstić information content (AvgIpc) is 2.48. The van der Waals surface area contributed by atoms with E-state index in [-0.39, 0.29) is 30.5 Å². The van der Waals surface area contributed by atoms with Gasteiger partial charge in [-0.15, -0.1) is 0 Å². The molecule has 0 heterocycles. The second-order valence-corrected chi connectivity index (χ2v) is 3.87. The molecule has 1 aliphatic carbocycles. The van der Waals surface area contributed by atoms with E-state index in [9.17, 15) is 0 Å². The fraction of sp³-hybridized carbons (Fsp3) is 0.800. The molecule has 0 aromatic rings. The molecule has 15 heavy (non-hydrogen) atoms. The molecule has 2 nitrogen and oxygen atoms in total. The Hall–Kier alpha value is 0.919. The summed E-state index contributed by atoms with van der Waals surface area (Å²) in [6, 6.07) is 0. The number of methoxy groups -OCH3 is 2. The van der Waals surface area contributed by atoms with Crippen LogP contribution in [0.4, 0.5) is 0 Å². The normalized spacial score (nSPS) is 28.9. The third-order valence-corrected chi connectivity index (χ3v) is 2.13. The van der Waals surface area contributed by atoms with Gasteiger partial charge in [-0.2, -0.15) is 5.82 Å². The Balaban J connectivity index is 0. The van der Waals surface area contributed by atoms with Crippen molar-refractivity contribution in [2.24, 2.45) is 5.92 Å². The van der Waals surface area contributed by atoms with Gasteiger partial charge in [0.25, 0.3) is 0 Å². The molecule has 1 fully saturated rings. The molecule has 0 aromatic heterocycles. The summed E-state index contributed by atoms with van der Waals surface area (Å²) < 4.78 is 10.3. The summed E-state index contributed by atoms with van der Waals surface area (Å²) in [5.41, 5.74) is 0. The van der Waals surface area contributed by atoms with E-state index in [1.165, 1.54) is 11.8 Å². The van der Waals surface area contributed by atoms with E-state index in [0.717, 1.165) is 13.0 Å². The predicted octanol–water partition coefficient (Wildman–Crippen LogP) is 1.97. The molecule has 3 radical (unpaired) electrons. The van der Waals surface area contributed by atoms with Gasteiger partial charge < -0.3 is 27.7 Å². The van der Waals surface area contributed by atoms with Crippen LogP contribution in [-0.4, -0.2) is 41.0 Å². The van der Waals surface area contributed by atoms with Crippen molar-refractivity contribution in [1.82, 2.24) is 0 Å². The maximum Gasteiger partial charge on any atom is 2.00 e. The number of hydrogen-bond acceptors (Lipinski definition) is 3. The van der Waals surface area contributed by atoms with E-state index in [0.29, 0.717) is 5.92 Å². The summed E-state index contributed by atoms with van der Waals surface area (Å²) in [5.74, 6) is 0.625. The maximum absolute atomic E-state index is 5.73. The zero-order chi connectivity index (χ0) is 11.0. The standard InChI is InChI=1S/C8H14BO2.C2H5S.V/c1-10-5-6-3-7(9)4-8(6)11-2;1-3-2;/h4,6-8H,3,5H2,1-2H3;1H2,2H3;/q2*-1;+2/t6-,7?,8+;;/m1../s1. The summed E-state index contributed by atoms with van der Waals surface area (Å²) in [5, 5.41) is 0. The van der Waals surface area contributed by atoms with E-state index in [1.807, 2.05) is 12.7 Å². The second-order valence-electron chi connectivity index (χ2n) is 3.30. The minimum Gasteiger partial charge on any atom is -0.413 e. The maximum atomic E-state index is 5.73. The Labute approximate surface area is 112 Å². The van der Waals surface area contributed by atoms with Gasteiger partial charge in [0.15, 0.2) is 0 Å². The molecular weight excluding hydrogens is 246 g/mol. The number of thioether (sulfide) groups is 1. The zero-order valence-corrected chi connectivity index (χ0v) is 11.9. The van der Waals surface area contributed by atoms with Crippen LogP contribution in [0, 0.1) is 18.6 Å². The molecule has 5 heteroatoms. The Kier molecular flexibility index (Phi) is 13.9. The minimum absolute atomic E-state index is 0. The van der Waals surface area contributed by atoms with Crippen LogP contribution in [0.25, 0.3) is 0 Å².